The lowest BCUT2D eigenvalue weighted by molar-refractivity contribution is -0.142. The Kier molecular flexibility index (Phi) is 2.34. The maximum absolute atomic E-state index is 11.2. The predicted molar refractivity (Wildman–Crippen MR) is 51.9 cm³/mol. The van der Waals surface area contributed by atoms with E-state index in [9.17, 15) is 4.79 Å². The largest absolute Gasteiger partial charge is 0.468 e. The lowest BCUT2D eigenvalue weighted by atomic mass is 10.1. The number of rotatable bonds is 2. The van der Waals surface area contributed by atoms with Crippen LogP contribution >= 0.6 is 0 Å². The Morgan fingerprint density at radius 2 is 2.47 bits per heavy atom. The predicted octanol–water partition coefficient (Wildman–Crippen LogP) is -0.0979. The second kappa shape index (κ2) is 3.66. The summed E-state index contributed by atoms with van der Waals surface area (Å²) in [6.07, 6.45) is 4.74. The molecule has 2 aromatic heterocycles. The number of nitrogens with two attached hydrogens (primary N) is 1. The van der Waals surface area contributed by atoms with E-state index in [0.29, 0.717) is 5.56 Å². The molecule has 2 heterocycles. The van der Waals surface area contributed by atoms with E-state index in [1.54, 1.807) is 23.0 Å². The summed E-state index contributed by atoms with van der Waals surface area (Å²) in [5.74, 6) is -0.473. The molecular weight excluding hydrogens is 196 g/mol. The van der Waals surface area contributed by atoms with Crippen molar-refractivity contribution in [2.75, 3.05) is 7.11 Å². The molecule has 15 heavy (non-hydrogen) atoms. The number of fused-ring (bicyclic) bond motifs is 1. The molecule has 1 unspecified atom stereocenters. The summed E-state index contributed by atoms with van der Waals surface area (Å²) in [6.45, 7) is 0. The molecule has 2 aromatic rings. The van der Waals surface area contributed by atoms with Gasteiger partial charge >= 0.3 is 5.97 Å². The average molecular weight is 206 g/mol. The van der Waals surface area contributed by atoms with E-state index in [0.717, 1.165) is 5.52 Å². The zero-order chi connectivity index (χ0) is 10.8. The van der Waals surface area contributed by atoms with Gasteiger partial charge in [0.1, 0.15) is 12.4 Å². The Morgan fingerprint density at radius 3 is 3.13 bits per heavy atom. The van der Waals surface area contributed by atoms with Gasteiger partial charge in [0.2, 0.25) is 0 Å². The van der Waals surface area contributed by atoms with E-state index in [-0.39, 0.29) is 0 Å². The normalized spacial score (nSPS) is 12.7. The summed E-state index contributed by atoms with van der Waals surface area (Å²) in [4.78, 5) is 15.1. The first-order chi connectivity index (χ1) is 7.22. The first-order valence-corrected chi connectivity index (χ1v) is 4.34. The molecular formula is C9H10N4O2. The Balaban J connectivity index is 2.40. The minimum absolute atomic E-state index is 0.473. The fraction of sp³-hybridized carbons (Fsp3) is 0.222. The van der Waals surface area contributed by atoms with Gasteiger partial charge in [-0.15, -0.1) is 0 Å². The van der Waals surface area contributed by atoms with Crippen LogP contribution in [-0.2, 0) is 9.53 Å². The molecule has 0 bridgehead atoms. The second-order valence-electron chi connectivity index (χ2n) is 3.05. The third kappa shape index (κ3) is 1.66. The number of carbonyl (C=O) groups is 1. The fourth-order valence-electron chi connectivity index (χ4n) is 1.31. The van der Waals surface area contributed by atoms with Crippen molar-refractivity contribution < 1.29 is 9.53 Å². The molecule has 0 aliphatic rings. The van der Waals surface area contributed by atoms with Crippen molar-refractivity contribution in [2.24, 2.45) is 5.73 Å². The van der Waals surface area contributed by atoms with Crippen LogP contribution in [0, 0.1) is 0 Å². The van der Waals surface area contributed by atoms with E-state index in [1.807, 2.05) is 0 Å². The first kappa shape index (κ1) is 9.60. The molecule has 1 atom stereocenters. The van der Waals surface area contributed by atoms with Crippen LogP contribution in [-0.4, -0.2) is 27.7 Å². The highest BCUT2D eigenvalue weighted by Gasteiger charge is 2.17. The number of ether oxygens (including phenoxy) is 1. The lowest BCUT2D eigenvalue weighted by Gasteiger charge is -2.05. The van der Waals surface area contributed by atoms with Crippen LogP contribution in [0.4, 0.5) is 0 Å². The van der Waals surface area contributed by atoms with Crippen molar-refractivity contribution in [1.82, 2.24) is 14.6 Å². The van der Waals surface area contributed by atoms with Crippen LogP contribution in [0.2, 0.25) is 0 Å². The fourth-order valence-corrected chi connectivity index (χ4v) is 1.31. The van der Waals surface area contributed by atoms with Gasteiger partial charge in [-0.1, -0.05) is 0 Å². The van der Waals surface area contributed by atoms with Gasteiger partial charge in [0.15, 0.2) is 0 Å². The highest BCUT2D eigenvalue weighted by Crippen LogP contribution is 2.14. The SMILES string of the molecule is COC(=O)C(N)c1cc2cncnn2c1. The summed E-state index contributed by atoms with van der Waals surface area (Å²) < 4.78 is 6.16. The van der Waals surface area contributed by atoms with Gasteiger partial charge in [0.25, 0.3) is 0 Å². The summed E-state index contributed by atoms with van der Waals surface area (Å²) in [5.41, 5.74) is 7.12. The Bertz CT molecular complexity index is 461. The van der Waals surface area contributed by atoms with Gasteiger partial charge in [-0.25, -0.2) is 9.50 Å². The van der Waals surface area contributed by atoms with Gasteiger partial charge < -0.3 is 10.5 Å². The Labute approximate surface area is 85.7 Å². The molecule has 2 N–H and O–H groups in total. The molecule has 6 heteroatoms. The number of methoxy groups -OCH3 is 1. The van der Waals surface area contributed by atoms with Gasteiger partial charge in [0.05, 0.1) is 18.8 Å². The van der Waals surface area contributed by atoms with Crippen molar-refractivity contribution in [1.29, 1.82) is 0 Å². The van der Waals surface area contributed by atoms with Crippen molar-refractivity contribution in [3.05, 3.63) is 30.4 Å². The minimum Gasteiger partial charge on any atom is -0.468 e. The van der Waals surface area contributed by atoms with E-state index in [1.165, 1.54) is 13.4 Å². The first-order valence-electron chi connectivity index (χ1n) is 4.34. The van der Waals surface area contributed by atoms with Crippen molar-refractivity contribution >= 4 is 11.5 Å². The maximum atomic E-state index is 11.2. The van der Waals surface area contributed by atoms with Crippen LogP contribution in [0.5, 0.6) is 0 Å². The molecule has 0 amide bonds. The number of esters is 1. The van der Waals surface area contributed by atoms with E-state index in [2.05, 4.69) is 14.8 Å². The number of carbonyl (C=O) groups excluding carboxylic acids is 1. The van der Waals surface area contributed by atoms with Crippen molar-refractivity contribution in [2.45, 2.75) is 6.04 Å². The van der Waals surface area contributed by atoms with Gasteiger partial charge in [-0.2, -0.15) is 5.10 Å². The second-order valence-corrected chi connectivity index (χ2v) is 3.05. The van der Waals surface area contributed by atoms with Gasteiger partial charge in [-0.3, -0.25) is 4.79 Å². The Hall–Kier alpha value is -1.95. The molecule has 0 fully saturated rings. The molecule has 0 aliphatic carbocycles. The van der Waals surface area contributed by atoms with Crippen LogP contribution in [0.25, 0.3) is 5.52 Å². The van der Waals surface area contributed by atoms with Crippen LogP contribution in [0.15, 0.2) is 24.8 Å². The molecule has 0 saturated heterocycles. The molecule has 0 aromatic carbocycles. The molecule has 0 radical (unpaired) electrons. The van der Waals surface area contributed by atoms with Crippen LogP contribution < -0.4 is 5.73 Å². The van der Waals surface area contributed by atoms with E-state index in [4.69, 9.17) is 5.73 Å². The lowest BCUT2D eigenvalue weighted by Crippen LogP contribution is -2.21. The molecule has 0 saturated carbocycles. The quantitative estimate of drug-likeness (QED) is 0.694. The number of hydrogen-bond acceptors (Lipinski definition) is 5. The summed E-state index contributed by atoms with van der Waals surface area (Å²) >= 11 is 0. The van der Waals surface area contributed by atoms with Crippen LogP contribution in [0.1, 0.15) is 11.6 Å². The third-order valence-electron chi connectivity index (χ3n) is 2.11. The summed E-state index contributed by atoms with van der Waals surface area (Å²) in [7, 11) is 1.30. The molecule has 0 spiro atoms. The highest BCUT2D eigenvalue weighted by atomic mass is 16.5. The maximum Gasteiger partial charge on any atom is 0.327 e. The monoisotopic (exact) mass is 206 g/mol. The molecule has 0 aliphatic heterocycles. The molecule has 2 rings (SSSR count). The number of nitrogens with zero attached hydrogens (tertiary/aromatic N) is 3. The van der Waals surface area contributed by atoms with Crippen LogP contribution in [0.3, 0.4) is 0 Å². The van der Waals surface area contributed by atoms with Crippen molar-refractivity contribution in [3.8, 4) is 0 Å². The van der Waals surface area contributed by atoms with Gasteiger partial charge in [0, 0.05) is 11.8 Å². The smallest absolute Gasteiger partial charge is 0.327 e. The number of hydrogen-bond donors (Lipinski definition) is 1. The highest BCUT2D eigenvalue weighted by molar-refractivity contribution is 5.77. The number of aromatic nitrogens is 3. The van der Waals surface area contributed by atoms with E-state index >= 15 is 0 Å². The zero-order valence-corrected chi connectivity index (χ0v) is 8.12. The summed E-state index contributed by atoms with van der Waals surface area (Å²) in [6, 6.07) is 0.971. The van der Waals surface area contributed by atoms with E-state index < -0.39 is 12.0 Å². The topological polar surface area (TPSA) is 82.5 Å². The average Bonchev–Trinajstić information content (AvgIpc) is 2.70. The standard InChI is InChI=1S/C9H10N4O2/c1-15-9(14)8(10)6-2-7-3-11-5-12-13(7)4-6/h2-5,8H,10H2,1H3. The van der Waals surface area contributed by atoms with Crippen molar-refractivity contribution in [3.63, 3.8) is 0 Å². The molecule has 6 nitrogen and oxygen atoms in total. The van der Waals surface area contributed by atoms with Gasteiger partial charge in [-0.05, 0) is 6.07 Å². The Morgan fingerprint density at radius 1 is 1.67 bits per heavy atom. The third-order valence-corrected chi connectivity index (χ3v) is 2.11. The zero-order valence-electron chi connectivity index (χ0n) is 8.12. The summed E-state index contributed by atoms with van der Waals surface area (Å²) in [5, 5.41) is 3.97. The minimum atomic E-state index is -0.781. The molecule has 78 valence electrons.